The highest BCUT2D eigenvalue weighted by Gasteiger charge is 2.11. The zero-order chi connectivity index (χ0) is 13.1. The van der Waals surface area contributed by atoms with Crippen LogP contribution in [0.25, 0.3) is 0 Å². The third-order valence-corrected chi connectivity index (χ3v) is 2.56. The van der Waals surface area contributed by atoms with Gasteiger partial charge in [-0.05, 0) is 25.5 Å². The van der Waals surface area contributed by atoms with Crippen LogP contribution >= 0.6 is 0 Å². The Balaban J connectivity index is 2.24. The Morgan fingerprint density at radius 1 is 1.22 bits per heavy atom. The minimum Gasteiger partial charge on any atom is -0.397 e. The molecule has 0 spiro atoms. The summed E-state index contributed by atoms with van der Waals surface area (Å²) in [5.41, 5.74) is 8.91. The molecule has 0 aliphatic carbocycles. The third-order valence-electron chi connectivity index (χ3n) is 2.56. The first-order valence-electron chi connectivity index (χ1n) is 5.53. The molecule has 0 aliphatic heterocycles. The number of hydrogen-bond donors (Lipinski definition) is 2. The molecule has 0 unspecified atom stereocenters. The number of nitrogens with two attached hydrogens (primary N) is 1. The topological polar surface area (TPSA) is 80.9 Å². The van der Waals surface area contributed by atoms with Crippen LogP contribution in [0.3, 0.4) is 0 Å². The minimum atomic E-state index is -0.316. The van der Waals surface area contributed by atoms with Crippen LogP contribution in [-0.2, 0) is 0 Å². The van der Waals surface area contributed by atoms with Gasteiger partial charge in [0, 0.05) is 6.20 Å². The number of aromatic nitrogens is 2. The van der Waals surface area contributed by atoms with Gasteiger partial charge in [-0.1, -0.05) is 12.1 Å². The third kappa shape index (κ3) is 2.45. The lowest BCUT2D eigenvalue weighted by Crippen LogP contribution is -2.16. The van der Waals surface area contributed by atoms with Gasteiger partial charge in [-0.25, -0.2) is 4.98 Å². The number of carbonyl (C=O) groups is 1. The summed E-state index contributed by atoms with van der Waals surface area (Å²) in [4.78, 5) is 20.0. The van der Waals surface area contributed by atoms with E-state index in [9.17, 15) is 4.79 Å². The summed E-state index contributed by atoms with van der Waals surface area (Å²) in [6, 6.07) is 5.46. The van der Waals surface area contributed by atoms with Gasteiger partial charge in [-0.3, -0.25) is 9.78 Å². The number of carbonyl (C=O) groups excluding carboxylic acids is 1. The van der Waals surface area contributed by atoms with Gasteiger partial charge in [-0.2, -0.15) is 0 Å². The predicted octanol–water partition coefficient (Wildman–Crippen LogP) is 1.93. The van der Waals surface area contributed by atoms with Crippen LogP contribution in [0.1, 0.15) is 21.7 Å². The van der Waals surface area contributed by atoms with Crippen LogP contribution < -0.4 is 11.1 Å². The van der Waals surface area contributed by atoms with Crippen LogP contribution in [0.5, 0.6) is 0 Å². The normalized spacial score (nSPS) is 10.1. The van der Waals surface area contributed by atoms with Gasteiger partial charge in [0.1, 0.15) is 5.69 Å². The number of para-hydroxylation sites is 1. The van der Waals surface area contributed by atoms with Crippen molar-refractivity contribution in [1.82, 2.24) is 9.97 Å². The molecule has 1 amide bonds. The highest BCUT2D eigenvalue weighted by atomic mass is 16.1. The number of anilines is 2. The lowest BCUT2D eigenvalue weighted by atomic mass is 10.1. The van der Waals surface area contributed by atoms with Crippen molar-refractivity contribution >= 4 is 17.3 Å². The summed E-state index contributed by atoms with van der Waals surface area (Å²) >= 11 is 0. The molecule has 0 bridgehead atoms. The zero-order valence-corrected chi connectivity index (χ0v) is 10.3. The van der Waals surface area contributed by atoms with Gasteiger partial charge in [0.25, 0.3) is 5.91 Å². The summed E-state index contributed by atoms with van der Waals surface area (Å²) in [5, 5.41) is 2.75. The van der Waals surface area contributed by atoms with Gasteiger partial charge in [0.05, 0.1) is 23.3 Å². The Kier molecular flexibility index (Phi) is 3.23. The Labute approximate surface area is 105 Å². The number of benzene rings is 1. The van der Waals surface area contributed by atoms with Gasteiger partial charge in [-0.15, -0.1) is 0 Å². The first-order valence-corrected chi connectivity index (χ1v) is 5.53. The number of rotatable bonds is 2. The summed E-state index contributed by atoms with van der Waals surface area (Å²) in [7, 11) is 0. The highest BCUT2D eigenvalue weighted by Crippen LogP contribution is 2.22. The number of amides is 1. The SMILES string of the molecule is Cc1cnc(C(=O)Nc2c(C)cccc2N)cn1. The second-order valence-electron chi connectivity index (χ2n) is 4.04. The van der Waals surface area contributed by atoms with Gasteiger partial charge >= 0.3 is 0 Å². The molecule has 0 saturated carbocycles. The quantitative estimate of drug-likeness (QED) is 0.788. The molecule has 18 heavy (non-hydrogen) atoms. The molecule has 5 heteroatoms. The van der Waals surface area contributed by atoms with E-state index in [0.29, 0.717) is 11.4 Å². The van der Waals surface area contributed by atoms with E-state index in [2.05, 4.69) is 15.3 Å². The van der Waals surface area contributed by atoms with Gasteiger partial charge in [0.2, 0.25) is 0 Å². The Hall–Kier alpha value is -2.43. The first-order chi connectivity index (χ1) is 8.58. The second kappa shape index (κ2) is 4.83. The lowest BCUT2D eigenvalue weighted by Gasteiger charge is -2.10. The second-order valence-corrected chi connectivity index (χ2v) is 4.04. The average Bonchev–Trinajstić information content (AvgIpc) is 2.34. The van der Waals surface area contributed by atoms with E-state index < -0.39 is 0 Å². The van der Waals surface area contributed by atoms with E-state index >= 15 is 0 Å². The molecule has 92 valence electrons. The molecule has 5 nitrogen and oxygen atoms in total. The van der Waals surface area contributed by atoms with Crippen LogP contribution in [0.15, 0.2) is 30.6 Å². The summed E-state index contributed by atoms with van der Waals surface area (Å²) in [6.07, 6.45) is 3.00. The molecule has 1 heterocycles. The number of aryl methyl sites for hydroxylation is 2. The Morgan fingerprint density at radius 2 is 2.00 bits per heavy atom. The zero-order valence-electron chi connectivity index (χ0n) is 10.3. The molecule has 2 aromatic rings. The molecule has 0 saturated heterocycles. The minimum absolute atomic E-state index is 0.267. The van der Waals surface area contributed by atoms with Crippen LogP contribution in [0.4, 0.5) is 11.4 Å². The number of hydrogen-bond acceptors (Lipinski definition) is 4. The van der Waals surface area contributed by atoms with Crippen LogP contribution in [0, 0.1) is 13.8 Å². The molecule has 0 fully saturated rings. The maximum absolute atomic E-state index is 12.0. The van der Waals surface area contributed by atoms with Crippen LogP contribution in [0.2, 0.25) is 0 Å². The van der Waals surface area contributed by atoms with Crippen molar-refractivity contribution in [2.75, 3.05) is 11.1 Å². The molecule has 0 aliphatic rings. The van der Waals surface area contributed by atoms with E-state index in [1.807, 2.05) is 26.0 Å². The van der Waals surface area contributed by atoms with Crippen molar-refractivity contribution in [3.63, 3.8) is 0 Å². The molecule has 1 aromatic carbocycles. The van der Waals surface area contributed by atoms with E-state index in [1.54, 1.807) is 12.3 Å². The number of nitrogen functional groups attached to an aromatic ring is 1. The van der Waals surface area contributed by atoms with Gasteiger partial charge in [0.15, 0.2) is 0 Å². The highest BCUT2D eigenvalue weighted by molar-refractivity contribution is 6.04. The van der Waals surface area contributed by atoms with Crippen molar-refractivity contribution in [2.45, 2.75) is 13.8 Å². The number of nitrogens with zero attached hydrogens (tertiary/aromatic N) is 2. The molecular weight excluding hydrogens is 228 g/mol. The Bertz CT molecular complexity index is 558. The number of nitrogens with one attached hydrogen (secondary N) is 1. The maximum Gasteiger partial charge on any atom is 0.275 e. The molecule has 1 aromatic heterocycles. The standard InChI is InChI=1S/C13H14N4O/c1-8-4-3-5-10(14)12(8)17-13(18)11-7-15-9(2)6-16-11/h3-7H,14H2,1-2H3,(H,17,18). The fourth-order valence-electron chi connectivity index (χ4n) is 1.55. The average molecular weight is 242 g/mol. The maximum atomic E-state index is 12.0. The largest absolute Gasteiger partial charge is 0.397 e. The fraction of sp³-hybridized carbons (Fsp3) is 0.154. The van der Waals surface area contributed by atoms with Crippen LogP contribution in [-0.4, -0.2) is 15.9 Å². The van der Waals surface area contributed by atoms with E-state index in [-0.39, 0.29) is 11.6 Å². The summed E-state index contributed by atoms with van der Waals surface area (Å²) in [6.45, 7) is 3.70. The molecule has 3 N–H and O–H groups in total. The van der Waals surface area contributed by atoms with Crippen molar-refractivity contribution in [2.24, 2.45) is 0 Å². The Morgan fingerprint density at radius 3 is 2.61 bits per heavy atom. The van der Waals surface area contributed by atoms with Crippen molar-refractivity contribution in [3.8, 4) is 0 Å². The van der Waals surface area contributed by atoms with Crippen molar-refractivity contribution < 1.29 is 4.79 Å². The van der Waals surface area contributed by atoms with E-state index in [0.717, 1.165) is 11.3 Å². The molecule has 2 rings (SSSR count). The molecule has 0 atom stereocenters. The first kappa shape index (κ1) is 12.0. The van der Waals surface area contributed by atoms with Crippen molar-refractivity contribution in [1.29, 1.82) is 0 Å². The summed E-state index contributed by atoms with van der Waals surface area (Å²) in [5.74, 6) is -0.316. The molecular formula is C13H14N4O. The lowest BCUT2D eigenvalue weighted by molar-refractivity contribution is 0.102. The fourth-order valence-corrected chi connectivity index (χ4v) is 1.55. The predicted molar refractivity (Wildman–Crippen MR) is 70.3 cm³/mol. The molecule has 0 radical (unpaired) electrons. The van der Waals surface area contributed by atoms with Crippen molar-refractivity contribution in [3.05, 3.63) is 47.5 Å². The summed E-state index contributed by atoms with van der Waals surface area (Å²) < 4.78 is 0. The van der Waals surface area contributed by atoms with E-state index in [1.165, 1.54) is 6.20 Å². The smallest absolute Gasteiger partial charge is 0.275 e. The monoisotopic (exact) mass is 242 g/mol. The van der Waals surface area contributed by atoms with E-state index in [4.69, 9.17) is 5.73 Å². The van der Waals surface area contributed by atoms with Gasteiger partial charge < -0.3 is 11.1 Å².